The van der Waals surface area contributed by atoms with Gasteiger partial charge in [0, 0.05) is 16.2 Å². The Labute approximate surface area is 160 Å². The SMILES string of the molecule is O=C(NCC(F)(F)c1ccc(Br)cc1C(F)(F)F)c1cccnc1C(F)(F)F. The lowest BCUT2D eigenvalue weighted by Gasteiger charge is -2.22. The van der Waals surface area contributed by atoms with E-state index in [0.717, 1.165) is 18.3 Å². The maximum absolute atomic E-state index is 14.3. The van der Waals surface area contributed by atoms with Crippen LogP contribution in [0.25, 0.3) is 0 Å². The van der Waals surface area contributed by atoms with Crippen LogP contribution >= 0.6 is 15.9 Å². The highest BCUT2D eigenvalue weighted by molar-refractivity contribution is 9.10. The Morgan fingerprint density at radius 2 is 1.61 bits per heavy atom. The molecule has 1 N–H and O–H groups in total. The molecule has 0 fully saturated rings. The second-order valence-corrected chi connectivity index (χ2v) is 6.39. The van der Waals surface area contributed by atoms with E-state index in [4.69, 9.17) is 0 Å². The molecule has 0 atom stereocenters. The molecular weight excluding hydrogens is 468 g/mol. The molecule has 0 spiro atoms. The van der Waals surface area contributed by atoms with Crippen LogP contribution in [0.3, 0.4) is 0 Å². The molecule has 2 aromatic rings. The summed E-state index contributed by atoms with van der Waals surface area (Å²) in [7, 11) is 0. The second-order valence-electron chi connectivity index (χ2n) is 5.47. The van der Waals surface area contributed by atoms with E-state index < -0.39 is 53.1 Å². The van der Waals surface area contributed by atoms with Gasteiger partial charge in [0.2, 0.25) is 0 Å². The standard InChI is InChI=1S/C16H9BrF8N2O/c17-8-3-4-10(11(6-8)15(20,21)22)14(18,19)7-27-13(28)9-2-1-5-26-12(9)16(23,24)25/h1-6H,7H2,(H,27,28). The lowest BCUT2D eigenvalue weighted by molar-refractivity contribution is -0.142. The number of aromatic nitrogens is 1. The number of pyridine rings is 1. The molecule has 1 heterocycles. The van der Waals surface area contributed by atoms with Gasteiger partial charge in [-0.05, 0) is 24.3 Å². The number of hydrogen-bond donors (Lipinski definition) is 1. The number of amides is 1. The molecule has 1 amide bonds. The van der Waals surface area contributed by atoms with Gasteiger partial charge in [-0.2, -0.15) is 35.1 Å². The van der Waals surface area contributed by atoms with Gasteiger partial charge < -0.3 is 5.32 Å². The minimum absolute atomic E-state index is 0.103. The molecular formula is C16H9BrF8N2O. The zero-order valence-electron chi connectivity index (χ0n) is 13.4. The third kappa shape index (κ3) is 4.97. The quantitative estimate of drug-likeness (QED) is 0.600. The first-order valence-corrected chi connectivity index (χ1v) is 8.08. The van der Waals surface area contributed by atoms with Gasteiger partial charge >= 0.3 is 12.4 Å². The molecule has 0 saturated heterocycles. The van der Waals surface area contributed by atoms with E-state index in [1.807, 2.05) is 0 Å². The van der Waals surface area contributed by atoms with Crippen molar-refractivity contribution in [3.63, 3.8) is 0 Å². The van der Waals surface area contributed by atoms with E-state index in [9.17, 15) is 39.9 Å². The van der Waals surface area contributed by atoms with E-state index in [0.29, 0.717) is 18.2 Å². The minimum Gasteiger partial charge on any atom is -0.346 e. The summed E-state index contributed by atoms with van der Waals surface area (Å²) in [6.45, 7) is -1.65. The van der Waals surface area contributed by atoms with Gasteiger partial charge in [0.1, 0.15) is 0 Å². The Morgan fingerprint density at radius 1 is 0.964 bits per heavy atom. The molecule has 1 aromatic carbocycles. The summed E-state index contributed by atoms with van der Waals surface area (Å²) in [6, 6.07) is 3.60. The Bertz CT molecular complexity index is 880. The predicted octanol–water partition coefficient (Wildman–Crippen LogP) is 5.40. The molecule has 0 radical (unpaired) electrons. The zero-order valence-corrected chi connectivity index (χ0v) is 15.0. The fourth-order valence-corrected chi connectivity index (χ4v) is 2.63. The van der Waals surface area contributed by atoms with Crippen LogP contribution in [0.5, 0.6) is 0 Å². The van der Waals surface area contributed by atoms with Crippen LogP contribution in [0.15, 0.2) is 41.0 Å². The Balaban J connectivity index is 2.30. The Kier molecular flexibility index (Phi) is 6.02. The van der Waals surface area contributed by atoms with Crippen molar-refractivity contribution < 1.29 is 39.9 Å². The molecule has 0 aliphatic carbocycles. The summed E-state index contributed by atoms with van der Waals surface area (Å²) >= 11 is 2.75. The number of carbonyl (C=O) groups is 1. The summed E-state index contributed by atoms with van der Waals surface area (Å²) in [5.74, 6) is -5.76. The van der Waals surface area contributed by atoms with Gasteiger partial charge in [0.05, 0.1) is 17.7 Å². The Hall–Kier alpha value is -2.24. The van der Waals surface area contributed by atoms with E-state index in [-0.39, 0.29) is 4.47 Å². The third-order valence-electron chi connectivity index (χ3n) is 3.47. The maximum Gasteiger partial charge on any atom is 0.434 e. The molecule has 2 rings (SSSR count). The number of nitrogens with zero attached hydrogens (tertiary/aromatic N) is 1. The van der Waals surface area contributed by atoms with Gasteiger partial charge in [-0.15, -0.1) is 0 Å². The highest BCUT2D eigenvalue weighted by atomic mass is 79.9. The first-order valence-electron chi connectivity index (χ1n) is 7.29. The predicted molar refractivity (Wildman–Crippen MR) is 84.6 cm³/mol. The molecule has 0 saturated carbocycles. The van der Waals surface area contributed by atoms with E-state index in [1.54, 1.807) is 0 Å². The lowest BCUT2D eigenvalue weighted by atomic mass is 10.0. The summed E-state index contributed by atoms with van der Waals surface area (Å²) in [6.07, 6.45) is -9.38. The van der Waals surface area contributed by atoms with Gasteiger partial charge in [-0.25, -0.2) is 0 Å². The summed E-state index contributed by atoms with van der Waals surface area (Å²) in [4.78, 5) is 14.9. The molecule has 12 heteroatoms. The topological polar surface area (TPSA) is 42.0 Å². The molecule has 0 bridgehead atoms. The number of alkyl halides is 8. The highest BCUT2D eigenvalue weighted by Gasteiger charge is 2.43. The van der Waals surface area contributed by atoms with Crippen LogP contribution in [0, 0.1) is 0 Å². The molecule has 0 aliphatic rings. The molecule has 28 heavy (non-hydrogen) atoms. The van der Waals surface area contributed by atoms with Gasteiger partial charge in [0.15, 0.2) is 5.69 Å². The molecule has 1 aromatic heterocycles. The monoisotopic (exact) mass is 476 g/mol. The van der Waals surface area contributed by atoms with Gasteiger partial charge in [0.25, 0.3) is 11.8 Å². The number of hydrogen-bond acceptors (Lipinski definition) is 2. The highest BCUT2D eigenvalue weighted by Crippen LogP contribution is 2.40. The van der Waals surface area contributed by atoms with Crippen LogP contribution in [-0.4, -0.2) is 17.4 Å². The Morgan fingerprint density at radius 3 is 2.18 bits per heavy atom. The maximum atomic E-state index is 14.3. The molecule has 0 unspecified atom stereocenters. The van der Waals surface area contributed by atoms with Crippen LogP contribution in [0.4, 0.5) is 35.1 Å². The summed E-state index contributed by atoms with van der Waals surface area (Å²) in [5.41, 5.74) is -5.70. The largest absolute Gasteiger partial charge is 0.434 e. The average molecular weight is 477 g/mol. The van der Waals surface area contributed by atoms with Crippen molar-refractivity contribution in [1.29, 1.82) is 0 Å². The zero-order chi connectivity index (χ0) is 21.3. The number of nitrogens with one attached hydrogen (secondary N) is 1. The molecule has 3 nitrogen and oxygen atoms in total. The van der Waals surface area contributed by atoms with Crippen LogP contribution in [0.2, 0.25) is 0 Å². The van der Waals surface area contributed by atoms with Crippen molar-refractivity contribution in [3.8, 4) is 0 Å². The van der Waals surface area contributed by atoms with Crippen molar-refractivity contribution >= 4 is 21.8 Å². The number of halogens is 9. The van der Waals surface area contributed by atoms with Gasteiger partial charge in [-0.3, -0.25) is 9.78 Å². The van der Waals surface area contributed by atoms with Crippen LogP contribution < -0.4 is 5.32 Å². The van der Waals surface area contributed by atoms with Crippen molar-refractivity contribution in [3.05, 3.63) is 63.4 Å². The van der Waals surface area contributed by atoms with Crippen LogP contribution in [0.1, 0.15) is 27.2 Å². The van der Waals surface area contributed by atoms with Crippen molar-refractivity contribution in [1.82, 2.24) is 10.3 Å². The fourth-order valence-electron chi connectivity index (χ4n) is 2.27. The summed E-state index contributed by atoms with van der Waals surface area (Å²) in [5, 5.41) is 1.54. The van der Waals surface area contributed by atoms with Crippen molar-refractivity contribution in [2.75, 3.05) is 6.54 Å². The lowest BCUT2D eigenvalue weighted by Crippen LogP contribution is -2.37. The van der Waals surface area contributed by atoms with E-state index in [1.165, 1.54) is 5.32 Å². The first-order chi connectivity index (χ1) is 12.7. The average Bonchev–Trinajstić information content (AvgIpc) is 2.58. The van der Waals surface area contributed by atoms with Gasteiger partial charge in [-0.1, -0.05) is 22.0 Å². The van der Waals surface area contributed by atoms with Crippen LogP contribution in [-0.2, 0) is 18.3 Å². The second kappa shape index (κ2) is 7.64. The normalized spacial score (nSPS) is 12.8. The van der Waals surface area contributed by atoms with E-state index in [2.05, 4.69) is 20.9 Å². The van der Waals surface area contributed by atoms with Crippen molar-refractivity contribution in [2.24, 2.45) is 0 Å². The number of carbonyl (C=O) groups excluding carboxylic acids is 1. The van der Waals surface area contributed by atoms with E-state index >= 15 is 0 Å². The smallest absolute Gasteiger partial charge is 0.346 e. The van der Waals surface area contributed by atoms with Crippen molar-refractivity contribution in [2.45, 2.75) is 18.3 Å². The number of benzene rings is 1. The molecule has 0 aliphatic heterocycles. The summed E-state index contributed by atoms with van der Waals surface area (Å²) < 4.78 is 106. The first kappa shape index (κ1) is 22.1. The third-order valence-corrected chi connectivity index (χ3v) is 3.97. The fraction of sp³-hybridized carbons (Fsp3) is 0.250. The number of rotatable bonds is 4. The minimum atomic E-state index is -5.11. The molecule has 152 valence electrons.